The number of amides is 1. The summed E-state index contributed by atoms with van der Waals surface area (Å²) in [6.45, 7) is 0.170. The fraction of sp³-hybridized carbons (Fsp3) is 0.278. The minimum Gasteiger partial charge on any atom is -0.349 e. The van der Waals surface area contributed by atoms with Gasteiger partial charge in [0.05, 0.1) is 18.5 Å². The van der Waals surface area contributed by atoms with Crippen LogP contribution >= 0.6 is 11.6 Å². The first kappa shape index (κ1) is 17.8. The highest BCUT2D eigenvalue weighted by Crippen LogP contribution is 2.24. The van der Waals surface area contributed by atoms with Crippen LogP contribution in [0.3, 0.4) is 0 Å². The van der Waals surface area contributed by atoms with Gasteiger partial charge in [-0.1, -0.05) is 29.8 Å². The van der Waals surface area contributed by atoms with Crippen molar-refractivity contribution in [2.75, 3.05) is 10.6 Å². The number of anilines is 1. The van der Waals surface area contributed by atoms with E-state index < -0.39 is 10.0 Å². The molecule has 3 rings (SSSR count). The van der Waals surface area contributed by atoms with E-state index in [4.69, 9.17) is 11.6 Å². The zero-order valence-corrected chi connectivity index (χ0v) is 15.3. The minimum absolute atomic E-state index is 0.0936. The first-order valence-electron chi connectivity index (χ1n) is 7.96. The van der Waals surface area contributed by atoms with Crippen LogP contribution in [0.2, 0.25) is 5.02 Å². The second-order valence-corrected chi connectivity index (χ2v) is 8.54. The van der Waals surface area contributed by atoms with Gasteiger partial charge in [-0.3, -0.25) is 9.10 Å². The molecule has 132 valence electrons. The van der Waals surface area contributed by atoms with Gasteiger partial charge < -0.3 is 5.32 Å². The Balaban J connectivity index is 1.78. The monoisotopic (exact) mass is 378 g/mol. The third-order valence-electron chi connectivity index (χ3n) is 3.95. The number of halogens is 1. The fourth-order valence-corrected chi connectivity index (χ4v) is 3.52. The highest BCUT2D eigenvalue weighted by molar-refractivity contribution is 7.92. The topological polar surface area (TPSA) is 66.5 Å². The Bertz CT molecular complexity index is 877. The van der Waals surface area contributed by atoms with E-state index in [9.17, 15) is 13.2 Å². The van der Waals surface area contributed by atoms with Crippen LogP contribution in [0.25, 0.3) is 0 Å². The average Bonchev–Trinajstić information content (AvgIpc) is 3.36. The molecule has 0 atom stereocenters. The number of nitrogens with zero attached hydrogens (tertiary/aromatic N) is 1. The Morgan fingerprint density at radius 1 is 1.20 bits per heavy atom. The van der Waals surface area contributed by atoms with Gasteiger partial charge in [0.15, 0.2) is 0 Å². The van der Waals surface area contributed by atoms with Gasteiger partial charge in [0.2, 0.25) is 10.0 Å². The van der Waals surface area contributed by atoms with Gasteiger partial charge >= 0.3 is 0 Å². The summed E-state index contributed by atoms with van der Waals surface area (Å²) in [5.74, 6) is -0.0936. The Morgan fingerprint density at radius 2 is 1.88 bits per heavy atom. The highest BCUT2D eigenvalue weighted by Gasteiger charge is 2.24. The molecule has 5 nitrogen and oxygen atoms in total. The van der Waals surface area contributed by atoms with E-state index in [1.54, 1.807) is 48.5 Å². The van der Waals surface area contributed by atoms with Crippen LogP contribution < -0.4 is 9.62 Å². The maximum atomic E-state index is 12.2. The smallest absolute Gasteiger partial charge is 0.251 e. The summed E-state index contributed by atoms with van der Waals surface area (Å²) >= 11 is 5.98. The molecule has 0 spiro atoms. The molecule has 1 aliphatic carbocycles. The molecule has 2 aromatic carbocycles. The molecule has 25 heavy (non-hydrogen) atoms. The van der Waals surface area contributed by atoms with Gasteiger partial charge in [-0.05, 0) is 48.7 Å². The molecular weight excluding hydrogens is 360 g/mol. The number of hydrogen-bond acceptors (Lipinski definition) is 3. The van der Waals surface area contributed by atoms with Crippen molar-refractivity contribution in [3.63, 3.8) is 0 Å². The molecule has 1 amide bonds. The van der Waals surface area contributed by atoms with Gasteiger partial charge in [0.25, 0.3) is 5.91 Å². The number of carbonyl (C=O) groups is 1. The van der Waals surface area contributed by atoms with Gasteiger partial charge in [-0.2, -0.15) is 0 Å². The summed E-state index contributed by atoms with van der Waals surface area (Å²) in [4.78, 5) is 12.0. The number of benzene rings is 2. The van der Waals surface area contributed by atoms with Gasteiger partial charge in [0.1, 0.15) is 0 Å². The molecule has 7 heteroatoms. The molecule has 1 fully saturated rings. The van der Waals surface area contributed by atoms with Crippen molar-refractivity contribution in [3.8, 4) is 0 Å². The molecule has 0 aliphatic heterocycles. The molecule has 0 unspecified atom stereocenters. The van der Waals surface area contributed by atoms with E-state index in [2.05, 4.69) is 5.32 Å². The molecular formula is C18H19ClN2O3S. The largest absolute Gasteiger partial charge is 0.349 e. The lowest BCUT2D eigenvalue weighted by atomic mass is 10.1. The summed E-state index contributed by atoms with van der Waals surface area (Å²) in [7, 11) is -3.47. The summed E-state index contributed by atoms with van der Waals surface area (Å²) in [6.07, 6.45) is 3.23. The number of nitrogens with one attached hydrogen (secondary N) is 1. The summed E-state index contributed by atoms with van der Waals surface area (Å²) < 4.78 is 25.6. The number of carbonyl (C=O) groups excluding carboxylic acids is 1. The quantitative estimate of drug-likeness (QED) is 0.839. The standard InChI is InChI=1S/C18H19ClN2O3S/c1-25(23,24)21(17-4-2-3-15(19)11-17)12-13-5-7-14(8-6-13)18(22)20-16-9-10-16/h2-8,11,16H,9-10,12H2,1H3,(H,20,22). The van der Waals surface area contributed by atoms with Gasteiger partial charge in [0, 0.05) is 16.6 Å². The van der Waals surface area contributed by atoms with Gasteiger partial charge in [-0.25, -0.2) is 8.42 Å². The van der Waals surface area contributed by atoms with Crippen molar-refractivity contribution in [1.29, 1.82) is 0 Å². The first-order chi connectivity index (χ1) is 11.8. The van der Waals surface area contributed by atoms with Crippen LogP contribution in [0.5, 0.6) is 0 Å². The van der Waals surface area contributed by atoms with E-state index >= 15 is 0 Å². The van der Waals surface area contributed by atoms with Crippen molar-refractivity contribution in [2.24, 2.45) is 0 Å². The van der Waals surface area contributed by atoms with Crippen LogP contribution in [0.15, 0.2) is 48.5 Å². The molecule has 0 heterocycles. The predicted octanol–water partition coefficient (Wildman–Crippen LogP) is 3.20. The summed E-state index contributed by atoms with van der Waals surface area (Å²) in [6, 6.07) is 14.0. The zero-order valence-electron chi connectivity index (χ0n) is 13.8. The summed E-state index contributed by atoms with van der Waals surface area (Å²) in [5.41, 5.74) is 1.86. The maximum Gasteiger partial charge on any atom is 0.251 e. The van der Waals surface area contributed by atoms with E-state index in [-0.39, 0.29) is 12.5 Å². The third kappa shape index (κ3) is 4.74. The molecule has 1 N–H and O–H groups in total. The normalized spacial score (nSPS) is 14.2. The van der Waals surface area contributed by atoms with Crippen LogP contribution in [-0.2, 0) is 16.6 Å². The number of sulfonamides is 1. The molecule has 0 saturated heterocycles. The van der Waals surface area contributed by atoms with E-state index in [1.165, 1.54) is 4.31 Å². The van der Waals surface area contributed by atoms with Crippen molar-refractivity contribution in [1.82, 2.24) is 5.32 Å². The molecule has 0 bridgehead atoms. The van der Waals surface area contributed by atoms with Crippen LogP contribution in [0.1, 0.15) is 28.8 Å². The highest BCUT2D eigenvalue weighted by atomic mass is 35.5. The first-order valence-corrected chi connectivity index (χ1v) is 10.2. The lowest BCUT2D eigenvalue weighted by Crippen LogP contribution is -2.29. The van der Waals surface area contributed by atoms with Crippen molar-refractivity contribution < 1.29 is 13.2 Å². The predicted molar refractivity (Wildman–Crippen MR) is 99.4 cm³/mol. The lowest BCUT2D eigenvalue weighted by Gasteiger charge is -2.22. The van der Waals surface area contributed by atoms with E-state index in [1.807, 2.05) is 0 Å². The molecule has 0 radical (unpaired) electrons. The number of hydrogen-bond donors (Lipinski definition) is 1. The lowest BCUT2D eigenvalue weighted by molar-refractivity contribution is 0.0951. The second kappa shape index (κ2) is 7.06. The zero-order chi connectivity index (χ0) is 18.0. The molecule has 1 aliphatic rings. The molecule has 1 saturated carbocycles. The van der Waals surface area contributed by atoms with Crippen LogP contribution in [0, 0.1) is 0 Å². The molecule has 0 aromatic heterocycles. The third-order valence-corrected chi connectivity index (χ3v) is 5.33. The Hall–Kier alpha value is -2.05. The summed E-state index contributed by atoms with van der Waals surface area (Å²) in [5, 5.41) is 3.40. The Labute approximate surface area is 152 Å². The fourth-order valence-electron chi connectivity index (χ4n) is 2.46. The molecule has 2 aromatic rings. The maximum absolute atomic E-state index is 12.2. The van der Waals surface area contributed by atoms with Crippen molar-refractivity contribution in [3.05, 3.63) is 64.7 Å². The van der Waals surface area contributed by atoms with Gasteiger partial charge in [-0.15, -0.1) is 0 Å². The minimum atomic E-state index is -3.47. The second-order valence-electron chi connectivity index (χ2n) is 6.19. The van der Waals surface area contributed by atoms with Crippen LogP contribution in [-0.4, -0.2) is 26.6 Å². The van der Waals surface area contributed by atoms with Crippen molar-refractivity contribution in [2.45, 2.75) is 25.4 Å². The average molecular weight is 379 g/mol. The Kier molecular flexibility index (Phi) is 5.01. The van der Waals surface area contributed by atoms with E-state index in [0.29, 0.717) is 22.3 Å². The SMILES string of the molecule is CS(=O)(=O)N(Cc1ccc(C(=O)NC2CC2)cc1)c1cccc(Cl)c1. The van der Waals surface area contributed by atoms with Crippen molar-refractivity contribution >= 4 is 33.2 Å². The Morgan fingerprint density at radius 3 is 2.44 bits per heavy atom. The van der Waals surface area contributed by atoms with E-state index in [0.717, 1.165) is 24.7 Å². The number of rotatable bonds is 6. The van der Waals surface area contributed by atoms with Crippen LogP contribution in [0.4, 0.5) is 5.69 Å².